The number of aliphatic hydroxyl groups excluding tert-OH is 1. The summed E-state index contributed by atoms with van der Waals surface area (Å²) in [6.07, 6.45) is 0.318. The van der Waals surface area contributed by atoms with E-state index >= 15 is 0 Å². The lowest BCUT2D eigenvalue weighted by atomic mass is 10.0. The molecule has 0 spiro atoms. The summed E-state index contributed by atoms with van der Waals surface area (Å²) in [7, 11) is 0. The molecule has 2 atom stereocenters. The molecule has 120 valence electrons. The van der Waals surface area contributed by atoms with Crippen LogP contribution in [0.4, 0.5) is 16.2 Å². The molecule has 0 radical (unpaired) electrons. The number of urea groups is 1. The fourth-order valence-corrected chi connectivity index (χ4v) is 2.73. The van der Waals surface area contributed by atoms with Gasteiger partial charge in [0.1, 0.15) is 0 Å². The topological polar surface area (TPSA) is 95.7 Å². The van der Waals surface area contributed by atoms with Crippen molar-refractivity contribution in [3.05, 3.63) is 33.4 Å². The van der Waals surface area contributed by atoms with E-state index in [-0.39, 0.29) is 17.6 Å². The van der Waals surface area contributed by atoms with Crippen LogP contribution >= 0.6 is 0 Å². The number of hydrogen-bond donors (Lipinski definition) is 2. The Morgan fingerprint density at radius 2 is 2.14 bits per heavy atom. The minimum Gasteiger partial charge on any atom is -0.393 e. The van der Waals surface area contributed by atoms with Crippen LogP contribution in [0, 0.1) is 29.9 Å². The van der Waals surface area contributed by atoms with Gasteiger partial charge in [-0.1, -0.05) is 0 Å². The highest BCUT2D eigenvalue weighted by atomic mass is 16.6. The molecule has 0 aromatic heterocycles. The first-order chi connectivity index (χ1) is 10.3. The fourth-order valence-electron chi connectivity index (χ4n) is 2.73. The zero-order valence-electron chi connectivity index (χ0n) is 13.0. The van der Waals surface area contributed by atoms with E-state index in [9.17, 15) is 20.0 Å². The van der Waals surface area contributed by atoms with Gasteiger partial charge < -0.3 is 15.3 Å². The summed E-state index contributed by atoms with van der Waals surface area (Å²) >= 11 is 0. The standard InChI is InChI=1S/C15H21N3O4/c1-9-6-10(2)14(18(21)22)7-13(9)16-15(20)17-5-4-12(8-17)11(3)19/h6-7,11-12,19H,4-5,8H2,1-3H3,(H,16,20)/t11-,12+/m0/s1. The van der Waals surface area contributed by atoms with Crippen molar-refractivity contribution in [2.75, 3.05) is 18.4 Å². The molecule has 0 bridgehead atoms. The number of hydrogen-bond acceptors (Lipinski definition) is 4. The van der Waals surface area contributed by atoms with Gasteiger partial charge in [-0.3, -0.25) is 10.1 Å². The lowest BCUT2D eigenvalue weighted by Gasteiger charge is -2.19. The molecular weight excluding hydrogens is 286 g/mol. The lowest BCUT2D eigenvalue weighted by molar-refractivity contribution is -0.385. The number of aryl methyl sites for hydroxylation is 2. The number of carbonyl (C=O) groups is 1. The normalized spacial score (nSPS) is 19.1. The highest BCUT2D eigenvalue weighted by molar-refractivity contribution is 5.91. The van der Waals surface area contributed by atoms with Crippen molar-refractivity contribution in [2.45, 2.75) is 33.3 Å². The predicted octanol–water partition coefficient (Wildman–Crippen LogP) is 2.45. The number of nitrogens with one attached hydrogen (secondary N) is 1. The number of carbonyl (C=O) groups excluding carboxylic acids is 1. The average molecular weight is 307 g/mol. The predicted molar refractivity (Wildman–Crippen MR) is 82.9 cm³/mol. The van der Waals surface area contributed by atoms with Gasteiger partial charge in [-0.25, -0.2) is 4.79 Å². The van der Waals surface area contributed by atoms with Gasteiger partial charge in [-0.2, -0.15) is 0 Å². The van der Waals surface area contributed by atoms with Gasteiger partial charge in [0, 0.05) is 30.6 Å². The van der Waals surface area contributed by atoms with E-state index in [1.54, 1.807) is 31.7 Å². The summed E-state index contributed by atoms with van der Waals surface area (Å²) in [5.74, 6) is 0.0826. The Morgan fingerprint density at radius 1 is 1.45 bits per heavy atom. The number of benzene rings is 1. The van der Waals surface area contributed by atoms with E-state index in [2.05, 4.69) is 5.32 Å². The van der Waals surface area contributed by atoms with E-state index in [0.29, 0.717) is 24.3 Å². The van der Waals surface area contributed by atoms with Crippen molar-refractivity contribution in [3.63, 3.8) is 0 Å². The number of nitro groups is 1. The first-order valence-corrected chi connectivity index (χ1v) is 7.29. The van der Waals surface area contributed by atoms with E-state index in [1.807, 2.05) is 0 Å². The Balaban J connectivity index is 2.12. The van der Waals surface area contributed by atoms with Gasteiger partial charge >= 0.3 is 6.03 Å². The third-order valence-corrected chi connectivity index (χ3v) is 4.18. The molecule has 7 heteroatoms. The van der Waals surface area contributed by atoms with E-state index in [4.69, 9.17) is 0 Å². The van der Waals surface area contributed by atoms with Crippen molar-refractivity contribution >= 4 is 17.4 Å². The molecule has 1 aliphatic rings. The second-order valence-corrected chi connectivity index (χ2v) is 5.88. The molecule has 7 nitrogen and oxygen atoms in total. The molecule has 1 saturated heterocycles. The Labute approximate surface area is 129 Å². The summed E-state index contributed by atoms with van der Waals surface area (Å²) in [4.78, 5) is 24.4. The van der Waals surface area contributed by atoms with Crippen LogP contribution in [-0.4, -0.2) is 40.2 Å². The minimum atomic E-state index is -0.455. The third kappa shape index (κ3) is 3.36. The van der Waals surface area contributed by atoms with Crippen LogP contribution < -0.4 is 5.32 Å². The van der Waals surface area contributed by atoms with Gasteiger partial charge in [0.25, 0.3) is 5.69 Å². The van der Waals surface area contributed by atoms with Gasteiger partial charge in [0.05, 0.1) is 16.7 Å². The van der Waals surface area contributed by atoms with Crippen LogP contribution in [-0.2, 0) is 0 Å². The fraction of sp³-hybridized carbons (Fsp3) is 0.533. The maximum absolute atomic E-state index is 12.3. The number of anilines is 1. The summed E-state index contributed by atoms with van der Waals surface area (Å²) in [5, 5.41) is 23.3. The zero-order valence-corrected chi connectivity index (χ0v) is 13.0. The molecule has 1 fully saturated rings. The maximum atomic E-state index is 12.3. The third-order valence-electron chi connectivity index (χ3n) is 4.18. The number of amides is 2. The van der Waals surface area contributed by atoms with Crippen LogP contribution in [0.1, 0.15) is 24.5 Å². The second kappa shape index (κ2) is 6.31. The highest BCUT2D eigenvalue weighted by Crippen LogP contribution is 2.27. The van der Waals surface area contributed by atoms with Crippen LogP contribution in [0.3, 0.4) is 0 Å². The largest absolute Gasteiger partial charge is 0.393 e. The molecule has 1 aromatic carbocycles. The van der Waals surface area contributed by atoms with E-state index < -0.39 is 11.0 Å². The van der Waals surface area contributed by atoms with E-state index in [0.717, 1.165) is 12.0 Å². The molecule has 1 aliphatic heterocycles. The molecule has 1 heterocycles. The average Bonchev–Trinajstić information content (AvgIpc) is 2.91. The maximum Gasteiger partial charge on any atom is 0.321 e. The molecular formula is C15H21N3O4. The molecule has 0 saturated carbocycles. The van der Waals surface area contributed by atoms with Gasteiger partial charge in [-0.05, 0) is 38.8 Å². The molecule has 0 aliphatic carbocycles. The van der Waals surface area contributed by atoms with Crippen LogP contribution in [0.25, 0.3) is 0 Å². The SMILES string of the molecule is Cc1cc(C)c([N+](=O)[O-])cc1NC(=O)N1CC[C@@H]([C@H](C)O)C1. The van der Waals surface area contributed by atoms with Gasteiger partial charge in [-0.15, -0.1) is 0 Å². The smallest absolute Gasteiger partial charge is 0.321 e. The second-order valence-electron chi connectivity index (χ2n) is 5.88. The first kappa shape index (κ1) is 16.2. The van der Waals surface area contributed by atoms with E-state index in [1.165, 1.54) is 6.07 Å². The van der Waals surface area contributed by atoms with Gasteiger partial charge in [0.2, 0.25) is 0 Å². The van der Waals surface area contributed by atoms with Gasteiger partial charge in [0.15, 0.2) is 0 Å². The summed E-state index contributed by atoms with van der Waals surface area (Å²) in [6, 6.07) is 2.80. The summed E-state index contributed by atoms with van der Waals surface area (Å²) in [5.41, 5.74) is 1.78. The van der Waals surface area contributed by atoms with Crippen molar-refractivity contribution in [1.29, 1.82) is 0 Å². The van der Waals surface area contributed by atoms with Crippen molar-refractivity contribution in [2.24, 2.45) is 5.92 Å². The first-order valence-electron chi connectivity index (χ1n) is 7.29. The molecule has 2 N–H and O–H groups in total. The molecule has 1 aromatic rings. The number of aliphatic hydroxyl groups is 1. The highest BCUT2D eigenvalue weighted by Gasteiger charge is 2.29. The molecule has 0 unspecified atom stereocenters. The summed E-state index contributed by atoms with van der Waals surface area (Å²) < 4.78 is 0. The van der Waals surface area contributed by atoms with Crippen LogP contribution in [0.2, 0.25) is 0 Å². The number of nitrogens with zero attached hydrogens (tertiary/aromatic N) is 2. The lowest BCUT2D eigenvalue weighted by Crippen LogP contribution is -2.34. The number of likely N-dealkylation sites (tertiary alicyclic amines) is 1. The minimum absolute atomic E-state index is 0.0100. The molecule has 2 rings (SSSR count). The number of nitro benzene ring substituents is 1. The Kier molecular flexibility index (Phi) is 4.65. The van der Waals surface area contributed by atoms with Crippen LogP contribution in [0.5, 0.6) is 0 Å². The van der Waals surface area contributed by atoms with Crippen molar-refractivity contribution in [3.8, 4) is 0 Å². The quantitative estimate of drug-likeness (QED) is 0.662. The van der Waals surface area contributed by atoms with Crippen molar-refractivity contribution in [1.82, 2.24) is 4.90 Å². The molecule has 22 heavy (non-hydrogen) atoms. The van der Waals surface area contributed by atoms with Crippen LogP contribution in [0.15, 0.2) is 12.1 Å². The number of rotatable bonds is 3. The Hall–Kier alpha value is -2.15. The van der Waals surface area contributed by atoms with Crippen molar-refractivity contribution < 1.29 is 14.8 Å². The summed E-state index contributed by atoms with van der Waals surface area (Å²) in [6.45, 7) is 6.27. The Morgan fingerprint density at radius 3 is 2.68 bits per heavy atom. The Bertz CT molecular complexity index is 601. The zero-order chi connectivity index (χ0) is 16.4. The monoisotopic (exact) mass is 307 g/mol. The molecule has 2 amide bonds.